The molecule has 0 heterocycles. The summed E-state index contributed by atoms with van der Waals surface area (Å²) in [4.78, 5) is 10.0. The Bertz CT molecular complexity index is 421. The van der Waals surface area contributed by atoms with E-state index in [1.807, 2.05) is 0 Å². The molecule has 5 heteroatoms. The molecule has 0 aliphatic carbocycles. The third-order valence-corrected chi connectivity index (χ3v) is 2.02. The van der Waals surface area contributed by atoms with E-state index in [1.54, 1.807) is 6.07 Å². The van der Waals surface area contributed by atoms with Crippen LogP contribution in [0.5, 0.6) is 0 Å². The van der Waals surface area contributed by atoms with E-state index in [2.05, 4.69) is 0 Å². The summed E-state index contributed by atoms with van der Waals surface area (Å²) in [5.74, 6) is 0. The summed E-state index contributed by atoms with van der Waals surface area (Å²) in [6.07, 6.45) is 0. The van der Waals surface area contributed by atoms with Crippen LogP contribution < -0.4 is 0 Å². The number of aliphatic hydroxyl groups excluding tert-OH is 1. The van der Waals surface area contributed by atoms with E-state index in [0.717, 1.165) is 0 Å². The first kappa shape index (κ1) is 10.2. The zero-order valence-electron chi connectivity index (χ0n) is 7.52. The van der Waals surface area contributed by atoms with Gasteiger partial charge in [-0.3, -0.25) is 10.1 Å². The summed E-state index contributed by atoms with van der Waals surface area (Å²) in [6.45, 7) is 1.25. The van der Waals surface area contributed by atoms with Gasteiger partial charge in [0, 0.05) is 5.56 Å². The predicted molar refractivity (Wildman–Crippen MR) is 48.5 cm³/mol. The minimum absolute atomic E-state index is 0.0182. The molecular weight excluding hydrogens is 184 g/mol. The highest BCUT2D eigenvalue weighted by atomic mass is 16.6. The summed E-state index contributed by atoms with van der Waals surface area (Å²) in [5, 5.41) is 28.2. The van der Waals surface area contributed by atoms with Gasteiger partial charge in [0.25, 0.3) is 5.69 Å². The molecule has 1 rings (SSSR count). The molecule has 0 saturated carbocycles. The Morgan fingerprint density at radius 2 is 2.29 bits per heavy atom. The number of rotatable bonds is 2. The quantitative estimate of drug-likeness (QED) is 0.564. The number of nitrogens with zero attached hydrogens (tertiary/aromatic N) is 2. The van der Waals surface area contributed by atoms with Crippen molar-refractivity contribution in [3.63, 3.8) is 0 Å². The number of nitriles is 1. The maximum Gasteiger partial charge on any atom is 0.290 e. The smallest absolute Gasteiger partial charge is 0.290 e. The predicted octanol–water partition coefficient (Wildman–Crippen LogP) is 1.27. The third kappa shape index (κ3) is 1.56. The lowest BCUT2D eigenvalue weighted by molar-refractivity contribution is -0.385. The van der Waals surface area contributed by atoms with Crippen LogP contribution in [0.3, 0.4) is 0 Å². The third-order valence-electron chi connectivity index (χ3n) is 2.02. The molecule has 1 aromatic carbocycles. The van der Waals surface area contributed by atoms with Gasteiger partial charge in [-0.05, 0) is 18.6 Å². The van der Waals surface area contributed by atoms with Crippen molar-refractivity contribution in [1.29, 1.82) is 5.26 Å². The van der Waals surface area contributed by atoms with E-state index < -0.39 is 4.92 Å². The van der Waals surface area contributed by atoms with Crippen molar-refractivity contribution in [3.05, 3.63) is 38.9 Å². The highest BCUT2D eigenvalue weighted by Crippen LogP contribution is 2.25. The van der Waals surface area contributed by atoms with Gasteiger partial charge in [-0.2, -0.15) is 5.26 Å². The Labute approximate surface area is 80.4 Å². The van der Waals surface area contributed by atoms with Gasteiger partial charge in [0.2, 0.25) is 0 Å². The molecule has 1 aromatic rings. The van der Waals surface area contributed by atoms with E-state index in [1.165, 1.54) is 19.1 Å². The Kier molecular flexibility index (Phi) is 2.79. The van der Waals surface area contributed by atoms with E-state index >= 15 is 0 Å². The molecule has 1 N–H and O–H groups in total. The molecular formula is C9H8N2O3. The SMILES string of the molecule is Cc1c(CO)ccc(C#N)c1[N+](=O)[O-]. The summed E-state index contributed by atoms with van der Waals surface area (Å²) in [6, 6.07) is 4.60. The summed E-state index contributed by atoms with van der Waals surface area (Å²) >= 11 is 0. The molecule has 0 atom stereocenters. The van der Waals surface area contributed by atoms with Crippen molar-refractivity contribution in [1.82, 2.24) is 0 Å². The monoisotopic (exact) mass is 192 g/mol. The summed E-state index contributed by atoms with van der Waals surface area (Å²) < 4.78 is 0. The Balaban J connectivity index is 3.49. The number of benzene rings is 1. The van der Waals surface area contributed by atoms with Crippen LogP contribution in [0.1, 0.15) is 16.7 Å². The van der Waals surface area contributed by atoms with Crippen LogP contribution in [-0.2, 0) is 6.61 Å². The second kappa shape index (κ2) is 3.85. The Hall–Kier alpha value is -1.93. The second-order valence-corrected chi connectivity index (χ2v) is 2.77. The first-order valence-electron chi connectivity index (χ1n) is 3.89. The Morgan fingerprint density at radius 1 is 1.64 bits per heavy atom. The van der Waals surface area contributed by atoms with Crippen molar-refractivity contribution < 1.29 is 10.0 Å². The van der Waals surface area contributed by atoms with Crippen molar-refractivity contribution in [3.8, 4) is 6.07 Å². The molecule has 0 aliphatic rings. The molecule has 0 spiro atoms. The van der Waals surface area contributed by atoms with E-state index in [9.17, 15) is 10.1 Å². The lowest BCUT2D eigenvalue weighted by Crippen LogP contribution is -1.99. The average molecular weight is 192 g/mol. The van der Waals surface area contributed by atoms with E-state index in [-0.39, 0.29) is 17.9 Å². The highest BCUT2D eigenvalue weighted by Gasteiger charge is 2.19. The van der Waals surface area contributed by atoms with Gasteiger partial charge in [0.15, 0.2) is 0 Å². The molecule has 0 bridgehead atoms. The van der Waals surface area contributed by atoms with Crippen LogP contribution in [0.25, 0.3) is 0 Å². The zero-order chi connectivity index (χ0) is 10.7. The molecule has 0 fully saturated rings. The van der Waals surface area contributed by atoms with Crippen molar-refractivity contribution >= 4 is 5.69 Å². The van der Waals surface area contributed by atoms with Gasteiger partial charge in [-0.15, -0.1) is 0 Å². The molecule has 0 saturated heterocycles. The van der Waals surface area contributed by atoms with Gasteiger partial charge in [-0.25, -0.2) is 0 Å². The van der Waals surface area contributed by atoms with Gasteiger partial charge >= 0.3 is 0 Å². The largest absolute Gasteiger partial charge is 0.392 e. The molecule has 72 valence electrons. The molecule has 5 nitrogen and oxygen atoms in total. The lowest BCUT2D eigenvalue weighted by Gasteiger charge is -2.03. The molecule has 14 heavy (non-hydrogen) atoms. The molecule has 0 aromatic heterocycles. The number of hydrogen-bond acceptors (Lipinski definition) is 4. The Morgan fingerprint density at radius 3 is 2.71 bits per heavy atom. The van der Waals surface area contributed by atoms with Crippen LogP contribution in [-0.4, -0.2) is 10.0 Å². The molecule has 0 amide bonds. The number of nitro benzene ring substituents is 1. The fourth-order valence-corrected chi connectivity index (χ4v) is 1.24. The fraction of sp³-hybridized carbons (Fsp3) is 0.222. The number of hydrogen-bond donors (Lipinski definition) is 1. The van der Waals surface area contributed by atoms with Crippen molar-refractivity contribution in [2.24, 2.45) is 0 Å². The number of aliphatic hydroxyl groups is 1. The van der Waals surface area contributed by atoms with E-state index in [4.69, 9.17) is 10.4 Å². The molecule has 0 unspecified atom stereocenters. The minimum atomic E-state index is -0.604. The number of nitro groups is 1. The first-order chi connectivity index (χ1) is 6.61. The average Bonchev–Trinajstić information content (AvgIpc) is 2.16. The van der Waals surface area contributed by atoms with Crippen LogP contribution >= 0.6 is 0 Å². The summed E-state index contributed by atoms with van der Waals surface area (Å²) in [5.41, 5.74) is 0.607. The maximum absolute atomic E-state index is 10.6. The lowest BCUT2D eigenvalue weighted by atomic mass is 10.0. The zero-order valence-corrected chi connectivity index (χ0v) is 7.52. The first-order valence-corrected chi connectivity index (χ1v) is 3.89. The normalized spacial score (nSPS) is 9.50. The van der Waals surface area contributed by atoms with Crippen molar-refractivity contribution in [2.75, 3.05) is 0 Å². The van der Waals surface area contributed by atoms with Gasteiger partial charge in [0.05, 0.1) is 11.5 Å². The molecule has 0 radical (unpaired) electrons. The van der Waals surface area contributed by atoms with Crippen LogP contribution in [0.15, 0.2) is 12.1 Å². The van der Waals surface area contributed by atoms with Gasteiger partial charge < -0.3 is 5.11 Å². The fourth-order valence-electron chi connectivity index (χ4n) is 1.24. The minimum Gasteiger partial charge on any atom is -0.392 e. The van der Waals surface area contributed by atoms with E-state index in [0.29, 0.717) is 11.1 Å². The van der Waals surface area contributed by atoms with Gasteiger partial charge in [0.1, 0.15) is 11.6 Å². The van der Waals surface area contributed by atoms with Crippen LogP contribution in [0.2, 0.25) is 0 Å². The van der Waals surface area contributed by atoms with Crippen LogP contribution in [0, 0.1) is 28.4 Å². The second-order valence-electron chi connectivity index (χ2n) is 2.77. The van der Waals surface area contributed by atoms with Crippen LogP contribution in [0.4, 0.5) is 5.69 Å². The topological polar surface area (TPSA) is 87.2 Å². The van der Waals surface area contributed by atoms with Crippen molar-refractivity contribution in [2.45, 2.75) is 13.5 Å². The summed E-state index contributed by atoms with van der Waals surface area (Å²) in [7, 11) is 0. The highest BCUT2D eigenvalue weighted by molar-refractivity contribution is 5.56. The molecule has 0 aliphatic heterocycles. The maximum atomic E-state index is 10.6. The van der Waals surface area contributed by atoms with Gasteiger partial charge in [-0.1, -0.05) is 6.07 Å². The standard InChI is InChI=1S/C9H8N2O3/c1-6-8(5-12)3-2-7(4-10)9(6)11(13)14/h2-3,12H,5H2,1H3.